The molecule has 6 heteroatoms. The average Bonchev–Trinajstić information content (AvgIpc) is 3.18. The minimum absolute atomic E-state index is 0.391. The average molecular weight is 386 g/mol. The van der Waals surface area contributed by atoms with Gasteiger partial charge in [-0.05, 0) is 68.5 Å². The van der Waals surface area contributed by atoms with E-state index in [1.54, 1.807) is 0 Å². The van der Waals surface area contributed by atoms with Gasteiger partial charge in [-0.1, -0.05) is 31.9 Å². The monoisotopic (exact) mass is 385 g/mol. The van der Waals surface area contributed by atoms with Gasteiger partial charge in [0.15, 0.2) is 5.96 Å². The second-order valence-corrected chi connectivity index (χ2v) is 7.91. The van der Waals surface area contributed by atoms with E-state index < -0.39 is 5.66 Å². The molecule has 1 aromatic carbocycles. The van der Waals surface area contributed by atoms with Crippen LogP contribution in [0.1, 0.15) is 51.0 Å². The number of likely N-dealkylation sites (tertiary alicyclic amines) is 1. The Bertz CT molecular complexity index is 696. The number of nitrogens with two attached hydrogens (primary N) is 2. The molecule has 2 heterocycles. The van der Waals surface area contributed by atoms with Crippen LogP contribution in [-0.4, -0.2) is 42.8 Å². The van der Waals surface area contributed by atoms with E-state index in [2.05, 4.69) is 34.3 Å². The summed E-state index contributed by atoms with van der Waals surface area (Å²) in [5.41, 5.74) is 14.1. The van der Waals surface area contributed by atoms with E-state index in [4.69, 9.17) is 16.2 Å². The summed E-state index contributed by atoms with van der Waals surface area (Å²) in [6.07, 6.45) is 9.43. The third-order valence-corrected chi connectivity index (χ3v) is 5.60. The lowest BCUT2D eigenvalue weighted by Crippen LogP contribution is -2.48. The zero-order chi connectivity index (χ0) is 19.8. The largest absolute Gasteiger partial charge is 0.492 e. The van der Waals surface area contributed by atoms with Gasteiger partial charge in [0, 0.05) is 12.7 Å². The fourth-order valence-corrected chi connectivity index (χ4v) is 3.93. The number of hydrogen-bond donors (Lipinski definition) is 3. The fraction of sp³-hybridized carbons (Fsp3) is 0.591. The van der Waals surface area contributed by atoms with Crippen molar-refractivity contribution in [1.29, 1.82) is 0 Å². The van der Waals surface area contributed by atoms with Gasteiger partial charge in [0.1, 0.15) is 18.0 Å². The summed E-state index contributed by atoms with van der Waals surface area (Å²) in [6.45, 7) is 6.31. The summed E-state index contributed by atoms with van der Waals surface area (Å²) in [5, 5.41) is 3.03. The van der Waals surface area contributed by atoms with Gasteiger partial charge in [-0.15, -0.1) is 0 Å². The maximum Gasteiger partial charge on any atom is 0.194 e. The molecule has 0 aliphatic carbocycles. The van der Waals surface area contributed by atoms with E-state index in [0.29, 0.717) is 5.96 Å². The summed E-state index contributed by atoms with van der Waals surface area (Å²) >= 11 is 0. The second kappa shape index (κ2) is 9.94. The Labute approximate surface area is 169 Å². The summed E-state index contributed by atoms with van der Waals surface area (Å²) in [7, 11) is 0. The van der Waals surface area contributed by atoms with Gasteiger partial charge in [0.05, 0.1) is 0 Å². The number of aliphatic imine (C=N–C) groups is 1. The standard InChI is InChI=1S/C22H35N5O/c1-2-3-4-10-22(24)19(17-25-21(23)26-22)15-18-8-7-9-20(16-18)28-14-13-27-11-5-6-12-27/h7-9,16-17H,2-6,10-15,24H2,1H3,(H3,23,25,26). The number of benzene rings is 1. The molecule has 6 nitrogen and oxygen atoms in total. The maximum atomic E-state index is 6.66. The summed E-state index contributed by atoms with van der Waals surface area (Å²) < 4.78 is 5.99. The normalized spacial score (nSPS) is 22.5. The SMILES string of the molecule is CCCCCC1(N)N=C(N)NC=C1Cc1cccc(OCCN2CCCC2)c1. The van der Waals surface area contributed by atoms with Crippen molar-refractivity contribution in [1.82, 2.24) is 10.2 Å². The number of hydrogen-bond acceptors (Lipinski definition) is 6. The molecule has 1 fully saturated rings. The molecule has 3 rings (SSSR count). The van der Waals surface area contributed by atoms with Crippen LogP contribution >= 0.6 is 0 Å². The van der Waals surface area contributed by atoms with Crippen molar-refractivity contribution in [3.63, 3.8) is 0 Å². The van der Waals surface area contributed by atoms with E-state index >= 15 is 0 Å². The first-order valence-corrected chi connectivity index (χ1v) is 10.6. The van der Waals surface area contributed by atoms with Crippen molar-refractivity contribution < 1.29 is 4.74 Å². The topological polar surface area (TPSA) is 88.9 Å². The van der Waals surface area contributed by atoms with Crippen molar-refractivity contribution in [2.45, 2.75) is 57.5 Å². The van der Waals surface area contributed by atoms with Gasteiger partial charge in [-0.25, -0.2) is 4.99 Å². The highest BCUT2D eigenvalue weighted by Crippen LogP contribution is 2.28. The Hall–Kier alpha value is -2.05. The first-order valence-electron chi connectivity index (χ1n) is 10.6. The van der Waals surface area contributed by atoms with E-state index in [9.17, 15) is 0 Å². The van der Waals surface area contributed by atoms with Crippen molar-refractivity contribution in [2.24, 2.45) is 16.5 Å². The third-order valence-electron chi connectivity index (χ3n) is 5.60. The van der Waals surface area contributed by atoms with Gasteiger partial charge >= 0.3 is 0 Å². The number of nitrogens with one attached hydrogen (secondary N) is 1. The van der Waals surface area contributed by atoms with Crippen LogP contribution in [0.3, 0.4) is 0 Å². The molecule has 1 atom stereocenters. The van der Waals surface area contributed by atoms with Crippen LogP contribution in [0.2, 0.25) is 0 Å². The maximum absolute atomic E-state index is 6.66. The molecule has 0 amide bonds. The van der Waals surface area contributed by atoms with Gasteiger partial charge in [0.25, 0.3) is 0 Å². The molecule has 1 unspecified atom stereocenters. The first kappa shape index (κ1) is 20.7. The Morgan fingerprint density at radius 3 is 2.86 bits per heavy atom. The lowest BCUT2D eigenvalue weighted by atomic mass is 9.89. The van der Waals surface area contributed by atoms with Crippen LogP contribution in [0.15, 0.2) is 41.0 Å². The Kier molecular flexibility index (Phi) is 7.34. The van der Waals surface area contributed by atoms with E-state index in [0.717, 1.165) is 56.6 Å². The molecule has 0 bridgehead atoms. The molecule has 154 valence electrons. The highest BCUT2D eigenvalue weighted by atomic mass is 16.5. The molecule has 0 aromatic heterocycles. The Morgan fingerprint density at radius 1 is 1.25 bits per heavy atom. The molecule has 0 saturated carbocycles. The quantitative estimate of drug-likeness (QED) is 0.539. The highest BCUT2D eigenvalue weighted by Gasteiger charge is 2.31. The van der Waals surface area contributed by atoms with Crippen LogP contribution < -0.4 is 21.5 Å². The van der Waals surface area contributed by atoms with Crippen molar-refractivity contribution >= 4 is 5.96 Å². The minimum atomic E-state index is -0.725. The zero-order valence-electron chi connectivity index (χ0n) is 17.1. The molecule has 1 aromatic rings. The highest BCUT2D eigenvalue weighted by molar-refractivity contribution is 5.81. The van der Waals surface area contributed by atoms with Crippen LogP contribution in [0.5, 0.6) is 5.75 Å². The molecule has 2 aliphatic rings. The number of guanidine groups is 1. The third kappa shape index (κ3) is 5.72. The lowest BCUT2D eigenvalue weighted by molar-refractivity contribution is 0.237. The zero-order valence-corrected chi connectivity index (χ0v) is 17.1. The molecule has 28 heavy (non-hydrogen) atoms. The number of unbranched alkanes of at least 4 members (excludes halogenated alkanes) is 2. The molecule has 0 radical (unpaired) electrons. The predicted octanol–water partition coefficient (Wildman–Crippen LogP) is 2.74. The Balaban J connectivity index is 1.59. The minimum Gasteiger partial charge on any atom is -0.492 e. The predicted molar refractivity (Wildman–Crippen MR) is 115 cm³/mol. The smallest absolute Gasteiger partial charge is 0.194 e. The van der Waals surface area contributed by atoms with Crippen LogP contribution in [-0.2, 0) is 6.42 Å². The first-order chi connectivity index (χ1) is 13.6. The van der Waals surface area contributed by atoms with E-state index in [1.165, 1.54) is 31.5 Å². The van der Waals surface area contributed by atoms with Gasteiger partial charge in [0.2, 0.25) is 0 Å². The van der Waals surface area contributed by atoms with Gasteiger partial charge in [-0.3, -0.25) is 4.90 Å². The number of ether oxygens (including phenoxy) is 1. The summed E-state index contributed by atoms with van der Waals surface area (Å²) in [6, 6.07) is 8.29. The second-order valence-electron chi connectivity index (χ2n) is 7.91. The van der Waals surface area contributed by atoms with Gasteiger partial charge < -0.3 is 21.5 Å². The number of rotatable bonds is 10. The van der Waals surface area contributed by atoms with E-state index in [1.807, 2.05) is 18.3 Å². The molecule has 5 N–H and O–H groups in total. The fourth-order valence-electron chi connectivity index (χ4n) is 3.93. The molecule has 2 aliphatic heterocycles. The van der Waals surface area contributed by atoms with Crippen LogP contribution in [0.4, 0.5) is 0 Å². The lowest BCUT2D eigenvalue weighted by Gasteiger charge is -2.32. The van der Waals surface area contributed by atoms with Crippen LogP contribution in [0.25, 0.3) is 0 Å². The summed E-state index contributed by atoms with van der Waals surface area (Å²) in [4.78, 5) is 7.00. The Morgan fingerprint density at radius 2 is 2.07 bits per heavy atom. The molecular weight excluding hydrogens is 350 g/mol. The molecular formula is C22H35N5O. The summed E-state index contributed by atoms with van der Waals surface area (Å²) in [5.74, 6) is 1.31. The molecule has 0 spiro atoms. The van der Waals surface area contributed by atoms with Crippen molar-refractivity contribution in [2.75, 3.05) is 26.2 Å². The van der Waals surface area contributed by atoms with Gasteiger partial charge in [-0.2, -0.15) is 0 Å². The molecule has 1 saturated heterocycles. The van der Waals surface area contributed by atoms with Crippen molar-refractivity contribution in [3.8, 4) is 5.75 Å². The van der Waals surface area contributed by atoms with E-state index in [-0.39, 0.29) is 0 Å². The number of nitrogens with zero attached hydrogens (tertiary/aromatic N) is 2. The van der Waals surface area contributed by atoms with Crippen molar-refractivity contribution in [3.05, 3.63) is 41.6 Å². The van der Waals surface area contributed by atoms with Crippen LogP contribution in [0, 0.1) is 0 Å².